The largest absolute Gasteiger partial charge is 0.443 e. The molecule has 11 atom stereocenters. The maximum atomic E-state index is 14.1. The van der Waals surface area contributed by atoms with Crippen LogP contribution in [0.5, 0.6) is 0 Å². The van der Waals surface area contributed by atoms with Crippen LogP contribution in [0.25, 0.3) is 0 Å². The average Bonchev–Trinajstić information content (AvgIpc) is 4.35. The third kappa shape index (κ3) is 17.7. The number of hydrogen-bond donors (Lipinski definition) is 8. The summed E-state index contributed by atoms with van der Waals surface area (Å²) in [6.45, 7) is 23.0. The number of aliphatic hydroxyl groups excluding tert-OH is 1. The summed E-state index contributed by atoms with van der Waals surface area (Å²) in [5.41, 5.74) is -0.846. The van der Waals surface area contributed by atoms with Gasteiger partial charge in [-0.3, -0.25) is 28.8 Å². The monoisotopic (exact) mass is 1090 g/mol. The van der Waals surface area contributed by atoms with Crippen molar-refractivity contribution in [1.82, 2.24) is 37.2 Å². The molecule has 1 aromatic rings. The molecule has 19 nitrogen and oxygen atoms in total. The normalized spacial score (nSPS) is 27.2. The van der Waals surface area contributed by atoms with Crippen LogP contribution in [0.15, 0.2) is 42.0 Å². The van der Waals surface area contributed by atoms with Gasteiger partial charge in [-0.15, -0.1) is 0 Å². The molecule has 2 saturated heterocycles. The van der Waals surface area contributed by atoms with Crippen molar-refractivity contribution in [3.63, 3.8) is 0 Å². The number of amides is 7. The highest BCUT2D eigenvalue weighted by Crippen LogP contribution is 2.59. The second-order valence-electron chi connectivity index (χ2n) is 24.9. The average molecular weight is 1090 g/mol. The van der Waals surface area contributed by atoms with E-state index in [1.807, 2.05) is 78.8 Å². The Kier molecular flexibility index (Phi) is 22.8. The van der Waals surface area contributed by atoms with Crippen LogP contribution in [-0.4, -0.2) is 140 Å². The van der Waals surface area contributed by atoms with Gasteiger partial charge in [-0.2, -0.15) is 0 Å². The summed E-state index contributed by atoms with van der Waals surface area (Å²) in [7, 11) is 1.65. The summed E-state index contributed by atoms with van der Waals surface area (Å²) in [6, 6.07) is 6.58. The zero-order valence-corrected chi connectivity index (χ0v) is 48.9. The Hall–Kier alpha value is -5.11. The summed E-state index contributed by atoms with van der Waals surface area (Å²) in [5.74, 6) is -3.13. The summed E-state index contributed by atoms with van der Waals surface area (Å²) in [5, 5.41) is 29.8. The van der Waals surface area contributed by atoms with E-state index in [2.05, 4.69) is 64.1 Å². The van der Waals surface area contributed by atoms with E-state index >= 15 is 0 Å². The number of epoxide rings is 2. The molecular weight excluding hydrogens is 999 g/mol. The Morgan fingerprint density at radius 1 is 0.795 bits per heavy atom. The van der Waals surface area contributed by atoms with Crippen molar-refractivity contribution in [3.05, 3.63) is 47.5 Å². The zero-order chi connectivity index (χ0) is 57.8. The Morgan fingerprint density at radius 2 is 1.42 bits per heavy atom. The highest BCUT2D eigenvalue weighted by atomic mass is 16.6. The fourth-order valence-corrected chi connectivity index (χ4v) is 12.0. The van der Waals surface area contributed by atoms with E-state index in [1.54, 1.807) is 21.0 Å². The van der Waals surface area contributed by atoms with Crippen LogP contribution in [-0.2, 0) is 54.1 Å². The smallest absolute Gasteiger partial charge is 0.407 e. The van der Waals surface area contributed by atoms with Crippen LogP contribution in [0.4, 0.5) is 4.79 Å². The number of methoxy groups -OCH3 is 1. The Bertz CT molecular complexity index is 2240. The number of hydrogen-bond acceptors (Lipinski definition) is 12. The minimum atomic E-state index is -1.14. The Morgan fingerprint density at radius 3 is 1.99 bits per heavy atom. The van der Waals surface area contributed by atoms with E-state index in [0.29, 0.717) is 45.1 Å². The predicted octanol–water partition coefficient (Wildman–Crippen LogP) is 5.31. The van der Waals surface area contributed by atoms with E-state index in [1.165, 1.54) is 5.57 Å². The van der Waals surface area contributed by atoms with Gasteiger partial charge in [-0.25, -0.2) is 4.79 Å². The van der Waals surface area contributed by atoms with E-state index in [4.69, 9.17) is 18.9 Å². The van der Waals surface area contributed by atoms with E-state index in [-0.39, 0.29) is 85.7 Å². The maximum absolute atomic E-state index is 14.1. The van der Waals surface area contributed by atoms with Crippen molar-refractivity contribution >= 4 is 41.5 Å². The van der Waals surface area contributed by atoms with Crippen molar-refractivity contribution in [3.8, 4) is 0 Å². The molecule has 7 amide bonds. The summed E-state index contributed by atoms with van der Waals surface area (Å²) in [4.78, 5) is 95.8. The minimum Gasteiger partial charge on any atom is -0.443 e. The first-order chi connectivity index (χ1) is 36.6. The fraction of sp³-hybridized carbons (Fsp3) is 0.746. The van der Waals surface area contributed by atoms with Crippen molar-refractivity contribution in [2.45, 2.75) is 213 Å². The molecule has 5 rings (SSSR count). The molecule has 1 spiro atoms. The summed E-state index contributed by atoms with van der Waals surface area (Å²) >= 11 is 0. The van der Waals surface area contributed by atoms with Crippen LogP contribution >= 0.6 is 0 Å². The first kappa shape index (κ1) is 63.7. The second kappa shape index (κ2) is 27.9. The fourth-order valence-electron chi connectivity index (χ4n) is 12.0. The van der Waals surface area contributed by atoms with Gasteiger partial charge in [0.2, 0.25) is 35.4 Å². The van der Waals surface area contributed by atoms with E-state index in [9.17, 15) is 38.7 Å². The lowest BCUT2D eigenvalue weighted by Crippen LogP contribution is -2.57. The summed E-state index contributed by atoms with van der Waals surface area (Å²) in [6.07, 6.45) is 5.69. The Labute approximate surface area is 463 Å². The highest BCUT2D eigenvalue weighted by molar-refractivity contribution is 5.95. The van der Waals surface area contributed by atoms with Crippen LogP contribution in [0.1, 0.15) is 153 Å². The number of ether oxygens (including phenoxy) is 4. The van der Waals surface area contributed by atoms with Gasteiger partial charge in [0.05, 0.1) is 37.8 Å². The first-order valence-electron chi connectivity index (χ1n) is 28.5. The van der Waals surface area contributed by atoms with Crippen molar-refractivity contribution in [2.75, 3.05) is 33.4 Å². The molecule has 4 aliphatic rings. The molecule has 1 aromatic carbocycles. The van der Waals surface area contributed by atoms with Crippen LogP contribution in [0.2, 0.25) is 0 Å². The Balaban J connectivity index is 1.11. The first-order valence-corrected chi connectivity index (χ1v) is 28.5. The number of nitrogens with one attached hydrogen (secondary N) is 7. The predicted molar refractivity (Wildman–Crippen MR) is 296 cm³/mol. The molecule has 4 fully saturated rings. The lowest BCUT2D eigenvalue weighted by Gasteiger charge is -2.42. The van der Waals surface area contributed by atoms with E-state index in [0.717, 1.165) is 18.4 Å². The van der Waals surface area contributed by atoms with Gasteiger partial charge in [0.1, 0.15) is 35.5 Å². The number of aliphatic hydroxyl groups is 1. The van der Waals surface area contributed by atoms with Gasteiger partial charge in [0.25, 0.3) is 0 Å². The lowest BCUT2D eigenvalue weighted by atomic mass is 9.64. The molecule has 2 aliphatic heterocycles. The van der Waals surface area contributed by atoms with Crippen molar-refractivity contribution in [2.24, 2.45) is 34.5 Å². The number of benzene rings is 1. The number of carbonyl (C=O) groups excluding carboxylic acids is 7. The highest BCUT2D eigenvalue weighted by Gasteiger charge is 2.72. The molecule has 0 aromatic heterocycles. The number of carbonyl (C=O) groups is 7. The van der Waals surface area contributed by atoms with Gasteiger partial charge in [0.15, 0.2) is 0 Å². The standard InChI is InChI=1S/C59H95N7O12/c1-35(2)19-24-46-58(12,78-46)50-49(75-13)45(25-26-59(50)34-76-59)77-55(74)64-42-22-20-41(21-23-42)63-47(68)31-60-51(70)43(27-36(3)4)66-52(71)44(28-40-17-15-14-16-18-40)65-48(69)32-62-54(73)57(11,38(7)8)33-56(10,29-37(5)6)53(72)61-30-39(9)67/h14-19,36-39,41-46,49-50,67H,20-34H2,1-13H3,(H,60,70)(H,61,72)(H,62,73)(H,63,68)(H,64,74)(H,65,69)(H,66,71)/t39?,41-,42-,43-,44-,45?,46+,49?,50?,56?,57?,58+,59-/m0/s1. The molecule has 2 heterocycles. The van der Waals surface area contributed by atoms with Gasteiger partial charge >= 0.3 is 6.09 Å². The van der Waals surface area contributed by atoms with Gasteiger partial charge in [-0.1, -0.05) is 97.4 Å². The molecule has 19 heteroatoms. The third-order valence-corrected chi connectivity index (χ3v) is 16.5. The molecule has 438 valence electrons. The van der Waals surface area contributed by atoms with Gasteiger partial charge in [0, 0.05) is 43.0 Å². The number of rotatable bonds is 28. The molecule has 2 aliphatic carbocycles. The molecule has 0 radical (unpaired) electrons. The molecule has 0 bridgehead atoms. The minimum absolute atomic E-state index is 0.0353. The van der Waals surface area contributed by atoms with Crippen molar-refractivity contribution in [1.29, 1.82) is 0 Å². The second-order valence-corrected chi connectivity index (χ2v) is 24.9. The van der Waals surface area contributed by atoms with Crippen molar-refractivity contribution < 1.29 is 57.6 Å². The topological polar surface area (TPSA) is 267 Å². The quantitative estimate of drug-likeness (QED) is 0.0392. The molecule has 8 N–H and O–H groups in total. The molecular formula is C59H95N7O12. The van der Waals surface area contributed by atoms with Crippen LogP contribution in [0, 0.1) is 34.5 Å². The van der Waals surface area contributed by atoms with E-state index < -0.39 is 89.0 Å². The van der Waals surface area contributed by atoms with Crippen LogP contribution < -0.4 is 37.2 Å². The van der Waals surface area contributed by atoms with Gasteiger partial charge in [-0.05, 0) is 115 Å². The van der Waals surface area contributed by atoms with Crippen LogP contribution in [0.3, 0.4) is 0 Å². The molecule has 6 unspecified atom stereocenters. The maximum Gasteiger partial charge on any atom is 0.407 e. The molecule has 2 saturated carbocycles. The number of alkyl carbamates (subject to hydrolysis) is 1. The zero-order valence-electron chi connectivity index (χ0n) is 48.9. The number of allylic oxidation sites excluding steroid dienone is 1. The lowest BCUT2D eigenvalue weighted by molar-refractivity contribution is -0.142. The SMILES string of the molecule is COC1C(OC(=O)N[C@H]2CC[C@H](NC(=O)CNC(=O)[C@H](CC(C)C)NC(=O)[C@H](Cc3ccccc3)NC(=O)CNC(=O)C(C)(CC(C)(CC(C)C)C(=O)NCC(C)O)C(C)C)CC2)CC[C@]2(CO2)C1[C@]1(C)O[C@@H]1CC=C(C)C. The third-order valence-electron chi connectivity index (χ3n) is 16.5. The van der Waals surface area contributed by atoms with Gasteiger partial charge < -0.3 is 61.3 Å². The summed E-state index contributed by atoms with van der Waals surface area (Å²) < 4.78 is 24.5. The molecule has 78 heavy (non-hydrogen) atoms.